The minimum absolute atomic E-state index is 0.801. The van der Waals surface area contributed by atoms with Gasteiger partial charge in [0.25, 0.3) is 0 Å². The number of nitrogens with zero attached hydrogens (tertiary/aromatic N) is 4. The van der Waals surface area contributed by atoms with E-state index in [0.717, 1.165) is 42.5 Å². The summed E-state index contributed by atoms with van der Waals surface area (Å²) in [6.45, 7) is 7.87. The lowest BCUT2D eigenvalue weighted by atomic mass is 10.2. The summed E-state index contributed by atoms with van der Waals surface area (Å²) in [6.07, 6.45) is 4.46. The van der Waals surface area contributed by atoms with Gasteiger partial charge in [-0.15, -0.1) is 0 Å². The average molecular weight is 285 g/mol. The van der Waals surface area contributed by atoms with Crippen LogP contribution in [0.4, 0.5) is 11.6 Å². The van der Waals surface area contributed by atoms with Crippen LogP contribution in [0.5, 0.6) is 0 Å². The first-order chi connectivity index (χ1) is 10.2. The van der Waals surface area contributed by atoms with Crippen molar-refractivity contribution < 1.29 is 0 Å². The molecule has 2 rings (SSSR count). The van der Waals surface area contributed by atoms with Crippen LogP contribution in [-0.4, -0.2) is 28.5 Å². The first kappa shape index (κ1) is 15.2. The highest BCUT2D eigenvalue weighted by Crippen LogP contribution is 2.24. The zero-order valence-corrected chi connectivity index (χ0v) is 13.2. The van der Waals surface area contributed by atoms with Crippen LogP contribution in [0.1, 0.15) is 30.8 Å². The number of aryl methyl sites for hydroxylation is 1. The Morgan fingerprint density at radius 2 is 1.86 bits per heavy atom. The molecule has 0 aromatic carbocycles. The van der Waals surface area contributed by atoms with Crippen molar-refractivity contribution in [1.82, 2.24) is 15.0 Å². The van der Waals surface area contributed by atoms with E-state index in [1.165, 1.54) is 5.56 Å². The molecule has 21 heavy (non-hydrogen) atoms. The molecular formula is C16H23N5. The maximum Gasteiger partial charge on any atom is 0.137 e. The Morgan fingerprint density at radius 1 is 1.14 bits per heavy atom. The molecule has 0 aliphatic carbocycles. The maximum atomic E-state index is 4.69. The molecule has 5 nitrogen and oxygen atoms in total. The highest BCUT2D eigenvalue weighted by molar-refractivity contribution is 5.58. The molecule has 0 atom stereocenters. The first-order valence-electron chi connectivity index (χ1n) is 7.37. The summed E-state index contributed by atoms with van der Waals surface area (Å²) in [5.41, 5.74) is 2.30. The summed E-state index contributed by atoms with van der Waals surface area (Å²) in [5, 5.41) is 3.32. The van der Waals surface area contributed by atoms with Crippen LogP contribution in [0.15, 0.2) is 24.5 Å². The van der Waals surface area contributed by atoms with Gasteiger partial charge in [0.05, 0.1) is 0 Å². The van der Waals surface area contributed by atoms with Crippen LogP contribution in [0, 0.1) is 6.92 Å². The summed E-state index contributed by atoms with van der Waals surface area (Å²) in [4.78, 5) is 15.5. The van der Waals surface area contributed by atoms with Gasteiger partial charge >= 0.3 is 0 Å². The van der Waals surface area contributed by atoms with Gasteiger partial charge < -0.3 is 10.2 Å². The highest BCUT2D eigenvalue weighted by Gasteiger charge is 2.13. The Balaban J connectivity index is 2.30. The summed E-state index contributed by atoms with van der Waals surface area (Å²) in [5.74, 6) is 2.78. The minimum Gasteiger partial charge on any atom is -0.370 e. The van der Waals surface area contributed by atoms with Gasteiger partial charge in [0.2, 0.25) is 0 Å². The quantitative estimate of drug-likeness (QED) is 0.884. The van der Waals surface area contributed by atoms with E-state index in [0.29, 0.717) is 0 Å². The third-order valence-electron chi connectivity index (χ3n) is 3.36. The first-order valence-corrected chi connectivity index (χ1v) is 7.37. The van der Waals surface area contributed by atoms with E-state index in [9.17, 15) is 0 Å². The molecule has 0 aliphatic heterocycles. The third-order valence-corrected chi connectivity index (χ3v) is 3.36. The second kappa shape index (κ2) is 7.02. The molecule has 0 amide bonds. The van der Waals surface area contributed by atoms with Gasteiger partial charge in [-0.1, -0.05) is 6.92 Å². The van der Waals surface area contributed by atoms with Gasteiger partial charge in [-0.2, -0.15) is 0 Å². The molecule has 2 aromatic rings. The van der Waals surface area contributed by atoms with E-state index in [4.69, 9.17) is 0 Å². The lowest BCUT2D eigenvalue weighted by molar-refractivity contribution is 0.847. The number of rotatable bonds is 6. The second-order valence-corrected chi connectivity index (χ2v) is 5.03. The molecule has 2 heterocycles. The lowest BCUT2D eigenvalue weighted by Crippen LogP contribution is -2.21. The van der Waals surface area contributed by atoms with Crippen LogP contribution < -0.4 is 10.2 Å². The molecule has 0 radical (unpaired) electrons. The number of hydrogen-bond acceptors (Lipinski definition) is 5. The predicted molar refractivity (Wildman–Crippen MR) is 86.7 cm³/mol. The van der Waals surface area contributed by atoms with Gasteiger partial charge in [0, 0.05) is 44.5 Å². The minimum atomic E-state index is 0.801. The number of anilines is 2. The molecule has 112 valence electrons. The molecule has 2 aromatic heterocycles. The van der Waals surface area contributed by atoms with E-state index in [1.54, 1.807) is 0 Å². The van der Waals surface area contributed by atoms with Crippen LogP contribution in [0.25, 0.3) is 0 Å². The standard InChI is InChI=1S/C16H23N5/c1-5-14-19-15(18-6-2)12(3)16(20-14)21(4)11-13-7-9-17-10-8-13/h7-10H,5-6,11H2,1-4H3,(H,18,19,20). The number of hydrogen-bond donors (Lipinski definition) is 1. The van der Waals surface area contributed by atoms with Crippen molar-refractivity contribution in [2.75, 3.05) is 23.8 Å². The van der Waals surface area contributed by atoms with Crippen molar-refractivity contribution >= 4 is 11.6 Å². The van der Waals surface area contributed by atoms with Gasteiger partial charge in [0.1, 0.15) is 17.5 Å². The Morgan fingerprint density at radius 3 is 2.48 bits per heavy atom. The third kappa shape index (κ3) is 3.68. The predicted octanol–water partition coefficient (Wildman–Crippen LogP) is 2.81. The van der Waals surface area contributed by atoms with Crippen LogP contribution in [-0.2, 0) is 13.0 Å². The second-order valence-electron chi connectivity index (χ2n) is 5.03. The smallest absolute Gasteiger partial charge is 0.137 e. The van der Waals surface area contributed by atoms with Crippen molar-refractivity contribution in [3.05, 3.63) is 41.5 Å². The van der Waals surface area contributed by atoms with Crippen LogP contribution in [0.3, 0.4) is 0 Å². The van der Waals surface area contributed by atoms with Crippen molar-refractivity contribution in [2.24, 2.45) is 0 Å². The summed E-state index contributed by atoms with van der Waals surface area (Å²) in [7, 11) is 2.06. The molecule has 0 fully saturated rings. The fourth-order valence-electron chi connectivity index (χ4n) is 2.26. The van der Waals surface area contributed by atoms with Crippen LogP contribution >= 0.6 is 0 Å². The summed E-state index contributed by atoms with van der Waals surface area (Å²) < 4.78 is 0. The molecular weight excluding hydrogens is 262 g/mol. The summed E-state index contributed by atoms with van der Waals surface area (Å²) >= 11 is 0. The van der Waals surface area contributed by atoms with Gasteiger partial charge in [0.15, 0.2) is 0 Å². The fourth-order valence-corrected chi connectivity index (χ4v) is 2.26. The maximum absolute atomic E-state index is 4.69. The molecule has 1 N–H and O–H groups in total. The summed E-state index contributed by atoms with van der Waals surface area (Å²) in [6, 6.07) is 4.05. The Bertz CT molecular complexity index is 583. The molecule has 0 unspecified atom stereocenters. The van der Waals surface area contributed by atoms with E-state index in [-0.39, 0.29) is 0 Å². The van der Waals surface area contributed by atoms with E-state index in [2.05, 4.69) is 53.0 Å². The molecule has 0 saturated heterocycles. The Kier molecular flexibility index (Phi) is 5.09. The molecule has 5 heteroatoms. The Hall–Kier alpha value is -2.17. The molecule has 0 aliphatic rings. The van der Waals surface area contributed by atoms with Crippen LogP contribution in [0.2, 0.25) is 0 Å². The highest BCUT2D eigenvalue weighted by atomic mass is 15.2. The van der Waals surface area contributed by atoms with Gasteiger partial charge in [-0.05, 0) is 31.5 Å². The van der Waals surface area contributed by atoms with E-state index >= 15 is 0 Å². The zero-order valence-electron chi connectivity index (χ0n) is 13.2. The molecule has 0 saturated carbocycles. The van der Waals surface area contributed by atoms with Gasteiger partial charge in [-0.25, -0.2) is 9.97 Å². The molecule has 0 bridgehead atoms. The SMILES string of the molecule is CCNc1nc(CC)nc(N(C)Cc2ccncc2)c1C. The fraction of sp³-hybridized carbons (Fsp3) is 0.438. The number of nitrogens with one attached hydrogen (secondary N) is 1. The number of pyridine rings is 1. The number of aromatic nitrogens is 3. The van der Waals surface area contributed by atoms with E-state index in [1.807, 2.05) is 24.5 Å². The van der Waals surface area contributed by atoms with Gasteiger partial charge in [-0.3, -0.25) is 4.98 Å². The van der Waals surface area contributed by atoms with Crippen molar-refractivity contribution in [3.63, 3.8) is 0 Å². The topological polar surface area (TPSA) is 53.9 Å². The van der Waals surface area contributed by atoms with Crippen molar-refractivity contribution in [3.8, 4) is 0 Å². The monoisotopic (exact) mass is 285 g/mol. The largest absolute Gasteiger partial charge is 0.370 e. The Labute approximate surface area is 126 Å². The van der Waals surface area contributed by atoms with Crippen molar-refractivity contribution in [2.45, 2.75) is 33.7 Å². The zero-order chi connectivity index (χ0) is 15.2. The normalized spacial score (nSPS) is 10.5. The molecule has 0 spiro atoms. The lowest BCUT2D eigenvalue weighted by Gasteiger charge is -2.22. The average Bonchev–Trinajstić information content (AvgIpc) is 2.50. The van der Waals surface area contributed by atoms with Crippen molar-refractivity contribution in [1.29, 1.82) is 0 Å². The van der Waals surface area contributed by atoms with E-state index < -0.39 is 0 Å².